The SMILES string of the molecule is CCCCC1OC(=O)[C@H](C)C(O[C@H]2C[C@@](C)(OC)[C@@H](O)[C@H](C)O2)[C@H](C)[C@@H](O[C@@H]2O[C@H](C)C[C@H](N(C)C)[C@H]2O)[C@](C)(O)C[C@@H](C)[C@H](N)[C@H](C)[C@@H](O)[C@]1(C)O. The molecule has 2 unspecified atom stereocenters. The van der Waals surface area contributed by atoms with Gasteiger partial charge in [0.1, 0.15) is 23.9 Å². The Morgan fingerprint density at radius 1 is 0.925 bits per heavy atom. The molecule has 3 aliphatic heterocycles. The Bertz CT molecular complexity index is 1160. The Morgan fingerprint density at radius 3 is 2.11 bits per heavy atom. The predicted molar refractivity (Wildman–Crippen MR) is 198 cm³/mol. The molecule has 0 aromatic rings. The number of methoxy groups -OCH3 is 1. The van der Waals surface area contributed by atoms with Crippen molar-refractivity contribution in [2.45, 2.75) is 198 Å². The van der Waals surface area contributed by atoms with E-state index in [0.29, 0.717) is 19.3 Å². The molecule has 3 saturated heterocycles. The smallest absolute Gasteiger partial charge is 0.311 e. The number of aliphatic hydroxyl groups is 5. The molecule has 312 valence electrons. The molecule has 0 bridgehead atoms. The van der Waals surface area contributed by atoms with Crippen LogP contribution in [0.2, 0.25) is 0 Å². The van der Waals surface area contributed by atoms with Gasteiger partial charge >= 0.3 is 5.97 Å². The van der Waals surface area contributed by atoms with Gasteiger partial charge in [-0.2, -0.15) is 0 Å². The van der Waals surface area contributed by atoms with Crippen molar-refractivity contribution in [3.05, 3.63) is 0 Å². The van der Waals surface area contributed by atoms with E-state index in [1.807, 2.05) is 39.8 Å². The standard InChI is InChI=1S/C39H74N2O12/c1-14-15-16-27-39(10,47)32(43)22(4)29(40)20(2)18-37(8,46)34(53-36-30(42)26(41(11)12)17-21(3)49-36)23(5)31(24(6)35(45)51-27)52-28-19-38(9,48-13)33(44)25(7)50-28/h20-34,36,42-44,46-47H,14-19,40H2,1-13H3/t20-,21-,22+,23+,24-,25+,26+,27?,28+,29+,30-,31?,32-,33+,34-,36+,37-,38-,39-/m1/s1. The maximum absolute atomic E-state index is 14.3. The summed E-state index contributed by atoms with van der Waals surface area (Å²) in [7, 11) is 5.25. The van der Waals surface area contributed by atoms with E-state index in [4.69, 9.17) is 34.2 Å². The largest absolute Gasteiger partial charge is 0.459 e. The van der Waals surface area contributed by atoms with Gasteiger partial charge in [0.05, 0.1) is 47.6 Å². The number of cyclic esters (lactones) is 1. The fraction of sp³-hybridized carbons (Fsp3) is 0.974. The second-order valence-electron chi connectivity index (χ2n) is 17.5. The molecule has 3 rings (SSSR count). The number of rotatable bonds is 9. The molecule has 0 aliphatic carbocycles. The molecule has 0 spiro atoms. The van der Waals surface area contributed by atoms with Crippen LogP contribution in [0.25, 0.3) is 0 Å². The van der Waals surface area contributed by atoms with Gasteiger partial charge in [0.2, 0.25) is 0 Å². The molecule has 3 heterocycles. The van der Waals surface area contributed by atoms with E-state index in [9.17, 15) is 30.3 Å². The summed E-state index contributed by atoms with van der Waals surface area (Å²) >= 11 is 0. The highest BCUT2D eigenvalue weighted by Gasteiger charge is 2.53. The van der Waals surface area contributed by atoms with Crippen molar-refractivity contribution in [3.8, 4) is 0 Å². The maximum atomic E-state index is 14.3. The molecule has 3 fully saturated rings. The minimum absolute atomic E-state index is 0.0908. The number of hydrogen-bond acceptors (Lipinski definition) is 14. The summed E-state index contributed by atoms with van der Waals surface area (Å²) in [6.45, 7) is 17.5. The number of hydrogen-bond donors (Lipinski definition) is 6. The molecular formula is C39H74N2O12. The van der Waals surface area contributed by atoms with E-state index in [0.717, 1.165) is 6.42 Å². The summed E-state index contributed by atoms with van der Waals surface area (Å²) in [4.78, 5) is 16.2. The first-order chi connectivity index (χ1) is 24.4. The van der Waals surface area contributed by atoms with Crippen LogP contribution >= 0.6 is 0 Å². The number of aliphatic hydroxyl groups excluding tert-OH is 3. The lowest BCUT2D eigenvalue weighted by molar-refractivity contribution is -0.318. The number of carbonyl (C=O) groups excluding carboxylic acids is 1. The number of nitrogens with two attached hydrogens (primary N) is 1. The first-order valence-corrected chi connectivity index (χ1v) is 19.7. The zero-order valence-corrected chi connectivity index (χ0v) is 34.6. The van der Waals surface area contributed by atoms with Crippen molar-refractivity contribution in [1.29, 1.82) is 0 Å². The minimum Gasteiger partial charge on any atom is -0.459 e. The van der Waals surface area contributed by atoms with Gasteiger partial charge in [-0.25, -0.2) is 0 Å². The molecule has 0 saturated carbocycles. The molecule has 0 aromatic heterocycles. The topological polar surface area (TPSA) is 203 Å². The Morgan fingerprint density at radius 2 is 1.55 bits per heavy atom. The first kappa shape index (κ1) is 46.4. The molecule has 19 atom stereocenters. The summed E-state index contributed by atoms with van der Waals surface area (Å²) in [5.41, 5.74) is 2.26. The lowest BCUT2D eigenvalue weighted by Gasteiger charge is -2.49. The second-order valence-corrected chi connectivity index (χ2v) is 17.5. The van der Waals surface area contributed by atoms with E-state index in [1.54, 1.807) is 41.5 Å². The van der Waals surface area contributed by atoms with Crippen molar-refractivity contribution >= 4 is 5.97 Å². The van der Waals surface area contributed by atoms with Crippen LogP contribution in [0.15, 0.2) is 0 Å². The third-order valence-corrected chi connectivity index (χ3v) is 12.6. The van der Waals surface area contributed by atoms with E-state index in [1.165, 1.54) is 14.0 Å². The van der Waals surface area contributed by atoms with E-state index < -0.39 is 108 Å². The molecule has 0 radical (unpaired) electrons. The monoisotopic (exact) mass is 763 g/mol. The van der Waals surface area contributed by atoms with Crippen molar-refractivity contribution < 1.29 is 58.7 Å². The van der Waals surface area contributed by atoms with Crippen LogP contribution in [0, 0.1) is 23.7 Å². The molecule has 14 heteroatoms. The number of unbranched alkanes of at least 4 members (excludes halogenated alkanes) is 1. The van der Waals surface area contributed by atoms with Gasteiger partial charge < -0.3 is 64.6 Å². The fourth-order valence-electron chi connectivity index (χ4n) is 8.87. The summed E-state index contributed by atoms with van der Waals surface area (Å²) in [5, 5.41) is 58.5. The Kier molecular flexibility index (Phi) is 16.2. The molecule has 7 N–H and O–H groups in total. The van der Waals surface area contributed by atoms with Gasteiger partial charge in [-0.15, -0.1) is 0 Å². The van der Waals surface area contributed by atoms with Crippen molar-refractivity contribution in [3.63, 3.8) is 0 Å². The molecular weight excluding hydrogens is 688 g/mol. The normalized spacial score (nSPS) is 49.7. The van der Waals surface area contributed by atoms with Crippen LogP contribution in [-0.2, 0) is 33.2 Å². The van der Waals surface area contributed by atoms with Crippen molar-refractivity contribution in [1.82, 2.24) is 4.90 Å². The Hall–Kier alpha value is -1.01. The third kappa shape index (κ3) is 10.5. The lowest BCUT2D eigenvalue weighted by atomic mass is 9.72. The van der Waals surface area contributed by atoms with Crippen LogP contribution in [0.5, 0.6) is 0 Å². The van der Waals surface area contributed by atoms with Crippen LogP contribution in [0.4, 0.5) is 0 Å². The Labute approximate surface area is 318 Å². The van der Waals surface area contributed by atoms with Gasteiger partial charge in [0.25, 0.3) is 0 Å². The van der Waals surface area contributed by atoms with Crippen molar-refractivity contribution in [2.75, 3.05) is 21.2 Å². The average Bonchev–Trinajstić information content (AvgIpc) is 3.08. The number of likely N-dealkylation sites (N-methyl/N-ethyl adjacent to an activating group) is 1. The van der Waals surface area contributed by atoms with Crippen molar-refractivity contribution in [2.24, 2.45) is 29.4 Å². The zero-order valence-electron chi connectivity index (χ0n) is 34.6. The highest BCUT2D eigenvalue weighted by molar-refractivity contribution is 5.73. The van der Waals surface area contributed by atoms with Gasteiger partial charge in [0, 0.05) is 37.5 Å². The van der Waals surface area contributed by atoms with E-state index in [2.05, 4.69) is 0 Å². The quantitative estimate of drug-likeness (QED) is 0.187. The van der Waals surface area contributed by atoms with Crippen LogP contribution in [0.3, 0.4) is 0 Å². The second kappa shape index (κ2) is 18.5. The Balaban J connectivity index is 2.20. The highest BCUT2D eigenvalue weighted by atomic mass is 16.7. The van der Waals surface area contributed by atoms with E-state index in [-0.39, 0.29) is 25.0 Å². The number of nitrogens with zero attached hydrogens (tertiary/aromatic N) is 1. The number of esters is 1. The van der Waals surface area contributed by atoms with Gasteiger partial charge in [-0.05, 0) is 87.2 Å². The summed E-state index contributed by atoms with van der Waals surface area (Å²) < 4.78 is 37.6. The number of ether oxygens (including phenoxy) is 6. The van der Waals surface area contributed by atoms with Gasteiger partial charge in [-0.1, -0.05) is 34.1 Å². The van der Waals surface area contributed by atoms with Crippen LogP contribution in [-0.4, -0.2) is 148 Å². The van der Waals surface area contributed by atoms with E-state index >= 15 is 0 Å². The average molecular weight is 763 g/mol. The third-order valence-electron chi connectivity index (χ3n) is 12.6. The summed E-state index contributed by atoms with van der Waals surface area (Å²) in [6, 6.07) is -0.985. The molecule has 53 heavy (non-hydrogen) atoms. The molecule has 0 amide bonds. The molecule has 14 nitrogen and oxygen atoms in total. The first-order valence-electron chi connectivity index (χ1n) is 19.7. The zero-order chi connectivity index (χ0) is 40.4. The molecule has 3 aliphatic rings. The summed E-state index contributed by atoms with van der Waals surface area (Å²) in [5.74, 6) is -3.55. The highest BCUT2D eigenvalue weighted by Crippen LogP contribution is 2.41. The number of carbonyl (C=O) groups is 1. The fourth-order valence-corrected chi connectivity index (χ4v) is 8.87. The lowest BCUT2D eigenvalue weighted by Crippen LogP contribution is -2.62. The van der Waals surface area contributed by atoms with Crippen LogP contribution < -0.4 is 5.73 Å². The maximum Gasteiger partial charge on any atom is 0.311 e. The minimum atomic E-state index is -1.85. The van der Waals surface area contributed by atoms with Gasteiger partial charge in [0.15, 0.2) is 12.6 Å². The summed E-state index contributed by atoms with van der Waals surface area (Å²) in [6.07, 6.45) is -7.17. The van der Waals surface area contributed by atoms with Crippen LogP contribution in [0.1, 0.15) is 108 Å². The molecule has 0 aromatic carbocycles. The predicted octanol–water partition coefficient (Wildman–Crippen LogP) is 2.32. The van der Waals surface area contributed by atoms with Gasteiger partial charge in [-0.3, -0.25) is 4.79 Å².